The van der Waals surface area contributed by atoms with Crippen molar-refractivity contribution in [2.24, 2.45) is 5.73 Å². The third kappa shape index (κ3) is 5.96. The minimum atomic E-state index is -0.425. The molecular formula is C17H18FN3O3. The number of carbonyl (C=O) groups is 2. The molecule has 0 spiro atoms. The van der Waals surface area contributed by atoms with E-state index < -0.39 is 5.91 Å². The molecule has 7 heteroatoms. The molecule has 0 atom stereocenters. The van der Waals surface area contributed by atoms with Crippen LogP contribution in [0.5, 0.6) is 5.75 Å². The fourth-order valence-corrected chi connectivity index (χ4v) is 1.86. The molecule has 0 aliphatic carbocycles. The largest absolute Gasteiger partial charge is 0.493 e. The minimum absolute atomic E-state index is 0.145. The third-order valence-electron chi connectivity index (χ3n) is 3.10. The van der Waals surface area contributed by atoms with Crippen LogP contribution in [0.1, 0.15) is 12.0 Å². The fourth-order valence-electron chi connectivity index (χ4n) is 1.86. The monoisotopic (exact) mass is 331 g/mol. The molecule has 6 nitrogen and oxygen atoms in total. The second-order valence-corrected chi connectivity index (χ2v) is 5.02. The minimum Gasteiger partial charge on any atom is -0.493 e. The number of hydrogen-bond donors (Lipinski definition) is 3. The van der Waals surface area contributed by atoms with Crippen molar-refractivity contribution in [1.29, 1.82) is 0 Å². The average molecular weight is 331 g/mol. The van der Waals surface area contributed by atoms with Gasteiger partial charge in [-0.3, -0.25) is 4.79 Å². The third-order valence-corrected chi connectivity index (χ3v) is 3.10. The molecule has 24 heavy (non-hydrogen) atoms. The van der Waals surface area contributed by atoms with Crippen molar-refractivity contribution in [3.05, 3.63) is 59.9 Å². The standard InChI is InChI=1S/C17H18FN3O3/c18-13-3-1-12(2-4-13)11-20-17(23)21-14-5-7-15(8-6-14)24-10-9-16(19)22/h1-8H,9-11H2,(H2,19,22)(H2,20,21,23). The molecule has 0 aliphatic rings. The first kappa shape index (κ1) is 17.3. The Morgan fingerprint density at radius 3 is 2.33 bits per heavy atom. The summed E-state index contributed by atoms with van der Waals surface area (Å²) < 4.78 is 18.1. The summed E-state index contributed by atoms with van der Waals surface area (Å²) in [5.41, 5.74) is 6.41. The maximum absolute atomic E-state index is 12.8. The fraction of sp³-hybridized carbons (Fsp3) is 0.176. The highest BCUT2D eigenvalue weighted by atomic mass is 19.1. The first-order chi connectivity index (χ1) is 11.5. The van der Waals surface area contributed by atoms with Gasteiger partial charge in [0.2, 0.25) is 5.91 Å². The van der Waals surface area contributed by atoms with Crippen LogP contribution in [0, 0.1) is 5.82 Å². The van der Waals surface area contributed by atoms with Crippen molar-refractivity contribution < 1.29 is 18.7 Å². The van der Waals surface area contributed by atoms with Gasteiger partial charge in [0.15, 0.2) is 0 Å². The summed E-state index contributed by atoms with van der Waals surface area (Å²) in [4.78, 5) is 22.4. The molecule has 0 unspecified atom stereocenters. The smallest absolute Gasteiger partial charge is 0.319 e. The van der Waals surface area contributed by atoms with Gasteiger partial charge in [0.05, 0.1) is 13.0 Å². The van der Waals surface area contributed by atoms with E-state index in [0.717, 1.165) is 5.56 Å². The van der Waals surface area contributed by atoms with Crippen LogP contribution in [-0.4, -0.2) is 18.5 Å². The molecule has 0 aromatic heterocycles. The van der Waals surface area contributed by atoms with Crippen LogP contribution in [0.3, 0.4) is 0 Å². The highest BCUT2D eigenvalue weighted by Gasteiger charge is 2.03. The van der Waals surface area contributed by atoms with Crippen LogP contribution >= 0.6 is 0 Å². The van der Waals surface area contributed by atoms with Crippen molar-refractivity contribution in [2.75, 3.05) is 11.9 Å². The van der Waals surface area contributed by atoms with Gasteiger partial charge in [-0.15, -0.1) is 0 Å². The molecule has 4 N–H and O–H groups in total. The first-order valence-corrected chi connectivity index (χ1v) is 7.33. The molecule has 0 fully saturated rings. The number of carbonyl (C=O) groups excluding carboxylic acids is 2. The lowest BCUT2D eigenvalue weighted by Gasteiger charge is -2.09. The molecule has 0 saturated carbocycles. The number of nitrogens with two attached hydrogens (primary N) is 1. The summed E-state index contributed by atoms with van der Waals surface area (Å²) in [5.74, 6) is -0.166. The summed E-state index contributed by atoms with van der Waals surface area (Å²) in [6.07, 6.45) is 0.145. The van der Waals surface area contributed by atoms with Crippen molar-refractivity contribution in [1.82, 2.24) is 5.32 Å². The number of halogens is 1. The predicted molar refractivity (Wildman–Crippen MR) is 88.0 cm³/mol. The molecule has 0 radical (unpaired) electrons. The van der Waals surface area contributed by atoms with Crippen LogP contribution in [0.15, 0.2) is 48.5 Å². The van der Waals surface area contributed by atoms with Gasteiger partial charge in [-0.05, 0) is 42.0 Å². The number of ether oxygens (including phenoxy) is 1. The number of hydrogen-bond acceptors (Lipinski definition) is 3. The normalized spacial score (nSPS) is 10.0. The van der Waals surface area contributed by atoms with Crippen LogP contribution < -0.4 is 21.1 Å². The van der Waals surface area contributed by atoms with Crippen LogP contribution in [-0.2, 0) is 11.3 Å². The lowest BCUT2D eigenvalue weighted by molar-refractivity contribution is -0.118. The number of benzene rings is 2. The molecule has 0 saturated heterocycles. The first-order valence-electron chi connectivity index (χ1n) is 7.33. The zero-order valence-corrected chi connectivity index (χ0v) is 12.9. The molecular weight excluding hydrogens is 313 g/mol. The van der Waals surface area contributed by atoms with E-state index in [4.69, 9.17) is 10.5 Å². The lowest BCUT2D eigenvalue weighted by Crippen LogP contribution is -2.28. The Balaban J connectivity index is 1.77. The maximum Gasteiger partial charge on any atom is 0.319 e. The molecule has 2 aromatic rings. The van der Waals surface area contributed by atoms with Crippen molar-refractivity contribution in [2.45, 2.75) is 13.0 Å². The van der Waals surface area contributed by atoms with Crippen LogP contribution in [0.2, 0.25) is 0 Å². The SMILES string of the molecule is NC(=O)CCOc1ccc(NC(=O)NCc2ccc(F)cc2)cc1. The van der Waals surface area contributed by atoms with Crippen molar-refractivity contribution >= 4 is 17.6 Å². The summed E-state index contributed by atoms with van der Waals surface area (Å²) in [7, 11) is 0. The van der Waals surface area contributed by atoms with Gasteiger partial charge >= 0.3 is 6.03 Å². The maximum atomic E-state index is 12.8. The Kier molecular flexibility index (Phi) is 6.13. The van der Waals surface area contributed by atoms with Crippen molar-refractivity contribution in [3.8, 4) is 5.75 Å². The number of anilines is 1. The number of nitrogens with one attached hydrogen (secondary N) is 2. The second-order valence-electron chi connectivity index (χ2n) is 5.02. The van der Waals surface area contributed by atoms with Gasteiger partial charge in [0, 0.05) is 12.2 Å². The van der Waals surface area contributed by atoms with Gasteiger partial charge in [0.25, 0.3) is 0 Å². The van der Waals surface area contributed by atoms with Gasteiger partial charge in [-0.1, -0.05) is 12.1 Å². The zero-order valence-electron chi connectivity index (χ0n) is 12.9. The molecule has 0 aliphatic heterocycles. The van der Waals surface area contributed by atoms with E-state index in [2.05, 4.69) is 10.6 Å². The zero-order chi connectivity index (χ0) is 17.4. The van der Waals surface area contributed by atoms with E-state index in [1.807, 2.05) is 0 Å². The highest BCUT2D eigenvalue weighted by molar-refractivity contribution is 5.89. The highest BCUT2D eigenvalue weighted by Crippen LogP contribution is 2.15. The predicted octanol–water partition coefficient (Wildman–Crippen LogP) is 2.40. The van der Waals surface area contributed by atoms with E-state index in [1.54, 1.807) is 36.4 Å². The number of urea groups is 1. The average Bonchev–Trinajstić information content (AvgIpc) is 2.56. The molecule has 2 rings (SSSR count). The Hall–Kier alpha value is -3.09. The second kappa shape index (κ2) is 8.52. The lowest BCUT2D eigenvalue weighted by atomic mass is 10.2. The number of primary amides is 1. The van der Waals surface area contributed by atoms with Gasteiger partial charge in [-0.2, -0.15) is 0 Å². The van der Waals surface area contributed by atoms with Gasteiger partial charge in [-0.25, -0.2) is 9.18 Å². The van der Waals surface area contributed by atoms with E-state index in [-0.39, 0.29) is 24.9 Å². The quantitative estimate of drug-likeness (QED) is 0.727. The van der Waals surface area contributed by atoms with E-state index in [0.29, 0.717) is 18.0 Å². The summed E-state index contributed by atoms with van der Waals surface area (Å²) in [5, 5.41) is 5.34. The molecule has 0 bridgehead atoms. The van der Waals surface area contributed by atoms with Gasteiger partial charge in [0.1, 0.15) is 11.6 Å². The van der Waals surface area contributed by atoms with E-state index in [9.17, 15) is 14.0 Å². The number of amides is 3. The molecule has 3 amide bonds. The van der Waals surface area contributed by atoms with E-state index in [1.165, 1.54) is 12.1 Å². The Morgan fingerprint density at radius 2 is 1.71 bits per heavy atom. The van der Waals surface area contributed by atoms with E-state index >= 15 is 0 Å². The molecule has 126 valence electrons. The van der Waals surface area contributed by atoms with Crippen LogP contribution in [0.25, 0.3) is 0 Å². The Labute approximate surface area is 138 Å². The summed E-state index contributed by atoms with van der Waals surface area (Å²) >= 11 is 0. The van der Waals surface area contributed by atoms with Crippen LogP contribution in [0.4, 0.5) is 14.9 Å². The summed E-state index contributed by atoms with van der Waals surface area (Å²) in [6, 6.07) is 12.2. The summed E-state index contributed by atoms with van der Waals surface area (Å²) in [6.45, 7) is 0.501. The van der Waals surface area contributed by atoms with Crippen molar-refractivity contribution in [3.63, 3.8) is 0 Å². The topological polar surface area (TPSA) is 93.5 Å². The van der Waals surface area contributed by atoms with Gasteiger partial charge < -0.3 is 21.1 Å². The Bertz CT molecular complexity index is 687. The molecule has 2 aromatic carbocycles. The number of rotatable bonds is 7. The Morgan fingerprint density at radius 1 is 1.04 bits per heavy atom. The molecule has 0 heterocycles.